The van der Waals surface area contributed by atoms with Crippen molar-refractivity contribution < 1.29 is 19.0 Å². The third-order valence-electron chi connectivity index (χ3n) is 5.79. The molecule has 0 aliphatic carbocycles. The standard InChI is InChI=1S/C28H26BrN7O4/c1-38-24-17-23(40-25(37)19-6-5-7-21(29)16-19)11-10-20(24)18-30-35-27-32-26(31-22-8-3-2-4-9-22)33-28(34-27)36-12-14-39-15-13-36/h2-11,16-18H,12-15H2,1H3,(H2,31,32,33,34,35)/b30-18+. The van der Waals surface area contributed by atoms with Crippen LogP contribution in [0.15, 0.2) is 82.4 Å². The number of ether oxygens (including phenoxy) is 3. The van der Waals surface area contributed by atoms with E-state index in [0.29, 0.717) is 60.8 Å². The Morgan fingerprint density at radius 2 is 1.80 bits per heavy atom. The van der Waals surface area contributed by atoms with Crippen LogP contribution in [0.4, 0.5) is 23.5 Å². The number of rotatable bonds is 9. The van der Waals surface area contributed by atoms with Crippen LogP contribution in [0.1, 0.15) is 15.9 Å². The molecular weight excluding hydrogens is 578 g/mol. The number of nitrogens with one attached hydrogen (secondary N) is 2. The second kappa shape index (κ2) is 13.0. The highest BCUT2D eigenvalue weighted by atomic mass is 79.9. The molecular formula is C28H26BrN7O4. The van der Waals surface area contributed by atoms with Gasteiger partial charge in [-0.15, -0.1) is 0 Å². The summed E-state index contributed by atoms with van der Waals surface area (Å²) in [7, 11) is 1.53. The van der Waals surface area contributed by atoms with Gasteiger partial charge in [0.05, 0.1) is 32.1 Å². The Hall–Kier alpha value is -4.55. The summed E-state index contributed by atoms with van der Waals surface area (Å²) in [5.41, 5.74) is 4.82. The molecule has 204 valence electrons. The number of morpholine rings is 1. The molecule has 0 saturated carbocycles. The number of hydrazone groups is 1. The number of methoxy groups -OCH3 is 1. The molecule has 5 rings (SSSR count). The second-order valence-electron chi connectivity index (χ2n) is 8.55. The van der Waals surface area contributed by atoms with Crippen molar-refractivity contribution in [2.75, 3.05) is 49.1 Å². The van der Waals surface area contributed by atoms with Gasteiger partial charge in [-0.3, -0.25) is 0 Å². The molecule has 1 saturated heterocycles. The summed E-state index contributed by atoms with van der Waals surface area (Å²) >= 11 is 3.36. The van der Waals surface area contributed by atoms with E-state index in [9.17, 15) is 4.79 Å². The molecule has 0 amide bonds. The van der Waals surface area contributed by atoms with Crippen LogP contribution in [-0.2, 0) is 4.74 Å². The summed E-state index contributed by atoms with van der Waals surface area (Å²) in [5, 5.41) is 7.52. The van der Waals surface area contributed by atoms with Gasteiger partial charge in [-0.25, -0.2) is 10.2 Å². The largest absolute Gasteiger partial charge is 0.496 e. The maximum Gasteiger partial charge on any atom is 0.343 e. The Kier molecular flexibility index (Phi) is 8.79. The second-order valence-corrected chi connectivity index (χ2v) is 9.46. The van der Waals surface area contributed by atoms with Crippen LogP contribution < -0.4 is 25.1 Å². The summed E-state index contributed by atoms with van der Waals surface area (Å²) < 4.78 is 17.3. The smallest absolute Gasteiger partial charge is 0.343 e. The van der Waals surface area contributed by atoms with Crippen LogP contribution in [0.25, 0.3) is 0 Å². The van der Waals surface area contributed by atoms with Crippen molar-refractivity contribution in [1.82, 2.24) is 15.0 Å². The molecule has 1 fully saturated rings. The fraction of sp³-hybridized carbons (Fsp3) is 0.179. The number of esters is 1. The van der Waals surface area contributed by atoms with Crippen LogP contribution >= 0.6 is 15.9 Å². The van der Waals surface area contributed by atoms with Crippen molar-refractivity contribution in [3.05, 3.63) is 88.4 Å². The normalized spacial score (nSPS) is 13.2. The minimum Gasteiger partial charge on any atom is -0.496 e. The lowest BCUT2D eigenvalue weighted by Gasteiger charge is -2.27. The van der Waals surface area contributed by atoms with E-state index < -0.39 is 5.97 Å². The predicted octanol–water partition coefficient (Wildman–Crippen LogP) is 4.89. The van der Waals surface area contributed by atoms with Crippen LogP contribution in [0.2, 0.25) is 0 Å². The van der Waals surface area contributed by atoms with Crippen LogP contribution in [-0.4, -0.2) is 60.5 Å². The Labute approximate surface area is 239 Å². The number of hydrogen-bond donors (Lipinski definition) is 2. The van der Waals surface area contributed by atoms with Crippen molar-refractivity contribution >= 4 is 51.6 Å². The molecule has 11 nitrogen and oxygen atoms in total. The number of nitrogens with zero attached hydrogens (tertiary/aromatic N) is 5. The molecule has 0 atom stereocenters. The molecule has 2 N–H and O–H groups in total. The first-order valence-corrected chi connectivity index (χ1v) is 13.2. The van der Waals surface area contributed by atoms with Crippen molar-refractivity contribution in [3.63, 3.8) is 0 Å². The Morgan fingerprint density at radius 3 is 2.58 bits per heavy atom. The highest BCUT2D eigenvalue weighted by Gasteiger charge is 2.17. The van der Waals surface area contributed by atoms with E-state index in [2.05, 4.69) is 46.7 Å². The van der Waals surface area contributed by atoms with Gasteiger partial charge in [0.25, 0.3) is 0 Å². The van der Waals surface area contributed by atoms with Crippen molar-refractivity contribution in [2.24, 2.45) is 5.10 Å². The molecule has 0 spiro atoms. The maximum atomic E-state index is 12.5. The van der Waals surface area contributed by atoms with Gasteiger partial charge in [-0.2, -0.15) is 20.1 Å². The van der Waals surface area contributed by atoms with Gasteiger partial charge in [0, 0.05) is 34.9 Å². The van der Waals surface area contributed by atoms with Gasteiger partial charge in [0.15, 0.2) is 0 Å². The lowest BCUT2D eigenvalue weighted by molar-refractivity contribution is 0.0734. The Bertz CT molecular complexity index is 1500. The Morgan fingerprint density at radius 1 is 1.00 bits per heavy atom. The van der Waals surface area contributed by atoms with Crippen molar-refractivity contribution in [1.29, 1.82) is 0 Å². The first kappa shape index (κ1) is 27.0. The van der Waals surface area contributed by atoms with Gasteiger partial charge in [0.2, 0.25) is 17.8 Å². The molecule has 0 radical (unpaired) electrons. The first-order chi connectivity index (χ1) is 19.6. The lowest BCUT2D eigenvalue weighted by Crippen LogP contribution is -2.37. The number of aromatic nitrogens is 3. The van der Waals surface area contributed by atoms with Gasteiger partial charge in [-0.05, 0) is 42.5 Å². The maximum absolute atomic E-state index is 12.5. The molecule has 1 aliphatic rings. The Balaban J connectivity index is 1.31. The zero-order valence-electron chi connectivity index (χ0n) is 21.6. The lowest BCUT2D eigenvalue weighted by atomic mass is 10.2. The van der Waals surface area contributed by atoms with Gasteiger partial charge >= 0.3 is 5.97 Å². The van der Waals surface area contributed by atoms with E-state index in [0.717, 1.165) is 10.2 Å². The number of para-hydroxylation sites is 1. The number of hydrogen-bond acceptors (Lipinski definition) is 11. The van der Waals surface area contributed by atoms with Gasteiger partial charge in [0.1, 0.15) is 11.5 Å². The minimum absolute atomic E-state index is 0.268. The monoisotopic (exact) mass is 603 g/mol. The molecule has 40 heavy (non-hydrogen) atoms. The fourth-order valence-electron chi connectivity index (χ4n) is 3.83. The van der Waals surface area contributed by atoms with Crippen LogP contribution in [0.5, 0.6) is 11.5 Å². The number of halogens is 1. The van der Waals surface area contributed by atoms with Crippen LogP contribution in [0.3, 0.4) is 0 Å². The van der Waals surface area contributed by atoms with E-state index in [1.54, 1.807) is 42.6 Å². The van der Waals surface area contributed by atoms with Crippen molar-refractivity contribution in [2.45, 2.75) is 0 Å². The number of carbonyl (C=O) groups excluding carboxylic acids is 1. The number of carbonyl (C=O) groups is 1. The topological polar surface area (TPSA) is 123 Å². The molecule has 0 bridgehead atoms. The first-order valence-electron chi connectivity index (χ1n) is 12.4. The molecule has 1 aromatic heterocycles. The number of benzene rings is 3. The van der Waals surface area contributed by atoms with Gasteiger partial charge in [-0.1, -0.05) is 40.2 Å². The SMILES string of the molecule is COc1cc(OC(=O)c2cccc(Br)c2)ccc1/C=N/Nc1nc(Nc2ccccc2)nc(N2CCOCC2)n1. The zero-order chi connectivity index (χ0) is 27.7. The van der Waals surface area contributed by atoms with E-state index in [4.69, 9.17) is 14.2 Å². The fourth-order valence-corrected chi connectivity index (χ4v) is 4.23. The van der Waals surface area contributed by atoms with E-state index in [1.165, 1.54) is 7.11 Å². The zero-order valence-corrected chi connectivity index (χ0v) is 23.2. The van der Waals surface area contributed by atoms with E-state index >= 15 is 0 Å². The molecule has 1 aliphatic heterocycles. The van der Waals surface area contributed by atoms with E-state index in [1.807, 2.05) is 41.3 Å². The third-order valence-corrected chi connectivity index (χ3v) is 6.28. The minimum atomic E-state index is -0.475. The molecule has 4 aromatic rings. The number of anilines is 4. The van der Waals surface area contributed by atoms with Gasteiger partial charge < -0.3 is 24.4 Å². The highest BCUT2D eigenvalue weighted by molar-refractivity contribution is 9.10. The summed E-state index contributed by atoms with van der Waals surface area (Å²) in [6, 6.07) is 21.7. The molecule has 3 aromatic carbocycles. The molecule has 12 heteroatoms. The van der Waals surface area contributed by atoms with E-state index in [-0.39, 0.29) is 5.95 Å². The quantitative estimate of drug-likeness (QED) is 0.118. The third kappa shape index (κ3) is 7.10. The van der Waals surface area contributed by atoms with Crippen molar-refractivity contribution in [3.8, 4) is 11.5 Å². The summed E-state index contributed by atoms with van der Waals surface area (Å²) in [6.45, 7) is 2.55. The summed E-state index contributed by atoms with van der Waals surface area (Å²) in [6.07, 6.45) is 1.57. The predicted molar refractivity (Wildman–Crippen MR) is 156 cm³/mol. The average molecular weight is 604 g/mol. The average Bonchev–Trinajstić information content (AvgIpc) is 2.98. The highest BCUT2D eigenvalue weighted by Crippen LogP contribution is 2.25. The molecule has 0 unspecified atom stereocenters. The van der Waals surface area contributed by atoms with Crippen LogP contribution in [0, 0.1) is 0 Å². The summed E-state index contributed by atoms with van der Waals surface area (Å²) in [5.74, 6) is 1.51. The molecule has 2 heterocycles. The summed E-state index contributed by atoms with van der Waals surface area (Å²) in [4.78, 5) is 28.1.